The third kappa shape index (κ3) is 3.69. The molecule has 114 valence electrons. The molecule has 2 rings (SSSR count). The number of carboxylic acid groups (broad SMARTS) is 1. The average Bonchev–Trinajstić information content (AvgIpc) is 2.39. The van der Waals surface area contributed by atoms with E-state index in [-0.39, 0.29) is 23.5 Å². The number of hydrogen-bond donors (Lipinski definition) is 2. The molecule has 1 heterocycles. The SMILES string of the molecule is CC1CN(C(=O)Nc2cc(C(=O)O)ccc2F)CC(C)O1. The summed E-state index contributed by atoms with van der Waals surface area (Å²) in [7, 11) is 0. The highest BCUT2D eigenvalue weighted by Gasteiger charge is 2.26. The lowest BCUT2D eigenvalue weighted by atomic mass is 10.2. The topological polar surface area (TPSA) is 78.9 Å². The lowest BCUT2D eigenvalue weighted by Gasteiger charge is -2.35. The van der Waals surface area contributed by atoms with E-state index in [9.17, 15) is 14.0 Å². The van der Waals surface area contributed by atoms with Gasteiger partial charge in [-0.1, -0.05) is 0 Å². The molecule has 1 fully saturated rings. The summed E-state index contributed by atoms with van der Waals surface area (Å²) in [5.74, 6) is -1.86. The highest BCUT2D eigenvalue weighted by molar-refractivity contribution is 5.93. The molecule has 7 heteroatoms. The van der Waals surface area contributed by atoms with E-state index >= 15 is 0 Å². The predicted octanol–water partition coefficient (Wildman–Crippen LogP) is 2.17. The first-order valence-electron chi connectivity index (χ1n) is 6.61. The predicted molar refractivity (Wildman–Crippen MR) is 74.0 cm³/mol. The summed E-state index contributed by atoms with van der Waals surface area (Å²) in [6, 6.07) is 2.79. The van der Waals surface area contributed by atoms with Crippen LogP contribution in [0.25, 0.3) is 0 Å². The summed E-state index contributed by atoms with van der Waals surface area (Å²) in [4.78, 5) is 24.5. The molecular weight excluding hydrogens is 279 g/mol. The second kappa shape index (κ2) is 6.09. The van der Waals surface area contributed by atoms with Crippen molar-refractivity contribution in [1.82, 2.24) is 4.90 Å². The molecule has 21 heavy (non-hydrogen) atoms. The summed E-state index contributed by atoms with van der Waals surface area (Å²) in [6.07, 6.45) is -0.204. The lowest BCUT2D eigenvalue weighted by molar-refractivity contribution is -0.0530. The largest absolute Gasteiger partial charge is 0.478 e. The van der Waals surface area contributed by atoms with Crippen LogP contribution in [-0.4, -0.2) is 47.3 Å². The molecule has 0 aliphatic carbocycles. The smallest absolute Gasteiger partial charge is 0.335 e. The van der Waals surface area contributed by atoms with Gasteiger partial charge in [0.05, 0.1) is 23.5 Å². The molecule has 1 aliphatic rings. The van der Waals surface area contributed by atoms with E-state index in [2.05, 4.69) is 5.32 Å². The van der Waals surface area contributed by atoms with Gasteiger partial charge in [-0.15, -0.1) is 0 Å². The van der Waals surface area contributed by atoms with Crippen molar-refractivity contribution in [3.8, 4) is 0 Å². The third-order valence-corrected chi connectivity index (χ3v) is 3.16. The van der Waals surface area contributed by atoms with Crippen LogP contribution in [0.3, 0.4) is 0 Å². The average molecular weight is 296 g/mol. The van der Waals surface area contributed by atoms with Crippen molar-refractivity contribution in [3.63, 3.8) is 0 Å². The molecule has 2 N–H and O–H groups in total. The fourth-order valence-electron chi connectivity index (χ4n) is 2.29. The van der Waals surface area contributed by atoms with Crippen LogP contribution in [0.5, 0.6) is 0 Å². The lowest BCUT2D eigenvalue weighted by Crippen LogP contribution is -2.49. The minimum Gasteiger partial charge on any atom is -0.478 e. The highest BCUT2D eigenvalue weighted by Crippen LogP contribution is 2.18. The van der Waals surface area contributed by atoms with Gasteiger partial charge in [0.1, 0.15) is 5.82 Å². The number of hydrogen-bond acceptors (Lipinski definition) is 3. The maximum Gasteiger partial charge on any atom is 0.335 e. The first kappa shape index (κ1) is 15.2. The molecule has 1 aromatic rings. The molecule has 1 aromatic carbocycles. The van der Waals surface area contributed by atoms with Crippen LogP contribution in [-0.2, 0) is 4.74 Å². The number of amides is 2. The quantitative estimate of drug-likeness (QED) is 0.876. The summed E-state index contributed by atoms with van der Waals surface area (Å²) in [5.41, 5.74) is -0.234. The number of nitrogens with zero attached hydrogens (tertiary/aromatic N) is 1. The first-order chi connectivity index (χ1) is 9.86. The number of benzene rings is 1. The van der Waals surface area contributed by atoms with Crippen molar-refractivity contribution in [3.05, 3.63) is 29.6 Å². The van der Waals surface area contributed by atoms with Crippen LogP contribution in [0.4, 0.5) is 14.9 Å². The van der Waals surface area contributed by atoms with E-state index in [0.717, 1.165) is 18.2 Å². The number of rotatable bonds is 2. The van der Waals surface area contributed by atoms with Gasteiger partial charge in [-0.2, -0.15) is 0 Å². The molecule has 1 aliphatic heterocycles. The Bertz CT molecular complexity index is 554. The Morgan fingerprint density at radius 1 is 1.33 bits per heavy atom. The first-order valence-corrected chi connectivity index (χ1v) is 6.61. The number of ether oxygens (including phenoxy) is 1. The van der Waals surface area contributed by atoms with Crippen LogP contribution >= 0.6 is 0 Å². The van der Waals surface area contributed by atoms with Gasteiger partial charge in [-0.25, -0.2) is 14.0 Å². The van der Waals surface area contributed by atoms with Gasteiger partial charge < -0.3 is 20.1 Å². The van der Waals surface area contributed by atoms with Crippen molar-refractivity contribution in [2.45, 2.75) is 26.1 Å². The molecule has 0 aromatic heterocycles. The summed E-state index contributed by atoms with van der Waals surface area (Å²) in [5, 5.41) is 11.3. The number of carbonyl (C=O) groups is 2. The van der Waals surface area contributed by atoms with E-state index in [1.807, 2.05) is 13.8 Å². The molecule has 0 radical (unpaired) electrons. The Hall–Kier alpha value is -2.15. The minimum absolute atomic E-state index is 0.0876. The Balaban J connectivity index is 2.12. The van der Waals surface area contributed by atoms with Crippen LogP contribution in [0.15, 0.2) is 18.2 Å². The van der Waals surface area contributed by atoms with Gasteiger partial charge in [-0.05, 0) is 32.0 Å². The Kier molecular flexibility index (Phi) is 4.42. The molecule has 0 spiro atoms. The van der Waals surface area contributed by atoms with Crippen LogP contribution in [0.1, 0.15) is 24.2 Å². The molecule has 0 bridgehead atoms. The highest BCUT2D eigenvalue weighted by atomic mass is 19.1. The van der Waals surface area contributed by atoms with Gasteiger partial charge in [0.15, 0.2) is 0 Å². The number of morpholine rings is 1. The molecule has 2 unspecified atom stereocenters. The van der Waals surface area contributed by atoms with E-state index in [0.29, 0.717) is 13.1 Å². The molecule has 0 saturated carbocycles. The van der Waals surface area contributed by atoms with Crippen LogP contribution in [0, 0.1) is 5.82 Å². The van der Waals surface area contributed by atoms with Crippen molar-refractivity contribution >= 4 is 17.7 Å². The van der Waals surface area contributed by atoms with Crippen LogP contribution < -0.4 is 5.32 Å². The Morgan fingerprint density at radius 3 is 2.52 bits per heavy atom. The number of halogens is 1. The zero-order valence-corrected chi connectivity index (χ0v) is 11.8. The monoisotopic (exact) mass is 296 g/mol. The molecule has 2 atom stereocenters. The van der Waals surface area contributed by atoms with Crippen molar-refractivity contribution in [2.75, 3.05) is 18.4 Å². The Labute approximate surface area is 121 Å². The second-order valence-corrected chi connectivity index (χ2v) is 5.09. The van der Waals surface area contributed by atoms with E-state index in [4.69, 9.17) is 9.84 Å². The van der Waals surface area contributed by atoms with E-state index in [1.54, 1.807) is 0 Å². The maximum absolute atomic E-state index is 13.7. The van der Waals surface area contributed by atoms with Crippen molar-refractivity contribution < 1.29 is 23.8 Å². The molecular formula is C14H17FN2O4. The summed E-state index contributed by atoms with van der Waals surface area (Å²) < 4.78 is 19.2. The van der Waals surface area contributed by atoms with Gasteiger partial charge in [0, 0.05) is 13.1 Å². The van der Waals surface area contributed by atoms with Crippen molar-refractivity contribution in [2.24, 2.45) is 0 Å². The minimum atomic E-state index is -1.18. The van der Waals surface area contributed by atoms with E-state index < -0.39 is 17.8 Å². The number of aromatic carboxylic acids is 1. The second-order valence-electron chi connectivity index (χ2n) is 5.09. The standard InChI is InChI=1S/C14H17FN2O4/c1-8-6-17(7-9(2)21-8)14(20)16-12-5-10(13(18)19)3-4-11(12)15/h3-5,8-9H,6-7H2,1-2H3,(H,16,20)(H,18,19). The number of nitrogens with one attached hydrogen (secondary N) is 1. The van der Waals surface area contributed by atoms with E-state index in [1.165, 1.54) is 4.90 Å². The molecule has 2 amide bonds. The normalized spacial score (nSPS) is 22.0. The summed E-state index contributed by atoms with van der Waals surface area (Å²) >= 11 is 0. The summed E-state index contributed by atoms with van der Waals surface area (Å²) in [6.45, 7) is 4.50. The number of urea groups is 1. The zero-order valence-electron chi connectivity index (χ0n) is 11.8. The fourth-order valence-corrected chi connectivity index (χ4v) is 2.29. The zero-order chi connectivity index (χ0) is 15.6. The number of anilines is 1. The number of carboxylic acids is 1. The molecule has 6 nitrogen and oxygen atoms in total. The molecule has 1 saturated heterocycles. The third-order valence-electron chi connectivity index (χ3n) is 3.16. The maximum atomic E-state index is 13.7. The fraction of sp³-hybridized carbons (Fsp3) is 0.429. The van der Waals surface area contributed by atoms with Crippen LogP contribution in [0.2, 0.25) is 0 Å². The van der Waals surface area contributed by atoms with Gasteiger partial charge in [0.25, 0.3) is 0 Å². The number of carbonyl (C=O) groups excluding carboxylic acids is 1. The Morgan fingerprint density at radius 2 is 1.95 bits per heavy atom. The van der Waals surface area contributed by atoms with Gasteiger partial charge in [0.2, 0.25) is 0 Å². The van der Waals surface area contributed by atoms with Gasteiger partial charge >= 0.3 is 12.0 Å². The van der Waals surface area contributed by atoms with Gasteiger partial charge in [-0.3, -0.25) is 0 Å². The van der Waals surface area contributed by atoms with Crippen molar-refractivity contribution in [1.29, 1.82) is 0 Å².